The van der Waals surface area contributed by atoms with Crippen LogP contribution in [-0.4, -0.2) is 0 Å². The monoisotopic (exact) mass is 184 g/mol. The Morgan fingerprint density at radius 3 is 2.75 bits per heavy atom. The van der Waals surface area contributed by atoms with Crippen LogP contribution in [0.5, 0.6) is 0 Å². The lowest BCUT2D eigenvalue weighted by Gasteiger charge is -2.03. The lowest BCUT2D eigenvalue weighted by Crippen LogP contribution is -1.95. The number of hydrogen-bond acceptors (Lipinski definition) is 2. The molecule has 0 unspecified atom stereocenters. The molecule has 0 aliphatic carbocycles. The summed E-state index contributed by atoms with van der Waals surface area (Å²) in [7, 11) is 0. The minimum atomic E-state index is -0.487. The highest BCUT2D eigenvalue weighted by atomic mass is 35.5. The van der Waals surface area contributed by atoms with E-state index in [-0.39, 0.29) is 17.1 Å². The highest BCUT2D eigenvalue weighted by molar-refractivity contribution is 6.31. The predicted octanol–water partition coefficient (Wildman–Crippen LogP) is 2.13. The first kappa shape index (κ1) is 8.82. The fraction of sp³-hybridized carbons (Fsp3) is 0.125. The number of halogens is 2. The summed E-state index contributed by atoms with van der Waals surface area (Å²) in [6.07, 6.45) is 0.102. The number of hydrogen-bond donors (Lipinski definition) is 1. The molecular formula is C8H6ClFN2. The van der Waals surface area contributed by atoms with Crippen molar-refractivity contribution in [3.8, 4) is 6.07 Å². The van der Waals surface area contributed by atoms with Crippen LogP contribution in [0, 0.1) is 17.1 Å². The molecular weight excluding hydrogens is 179 g/mol. The second kappa shape index (κ2) is 3.42. The van der Waals surface area contributed by atoms with Crippen LogP contribution in [0.25, 0.3) is 0 Å². The SMILES string of the molecule is N#CCc1c(N)cc(F)cc1Cl. The van der Waals surface area contributed by atoms with Gasteiger partial charge in [0.2, 0.25) is 0 Å². The molecule has 2 nitrogen and oxygen atoms in total. The molecule has 0 heterocycles. The summed E-state index contributed by atoms with van der Waals surface area (Å²) in [4.78, 5) is 0. The lowest BCUT2D eigenvalue weighted by molar-refractivity contribution is 0.628. The molecule has 0 saturated heterocycles. The molecule has 0 aliphatic rings. The van der Waals surface area contributed by atoms with Gasteiger partial charge in [0.1, 0.15) is 5.82 Å². The summed E-state index contributed by atoms with van der Waals surface area (Å²) in [6, 6.07) is 4.19. The zero-order chi connectivity index (χ0) is 9.14. The molecule has 1 aromatic carbocycles. The Balaban J connectivity index is 3.21. The first-order chi connectivity index (χ1) is 5.65. The second-order valence-corrected chi connectivity index (χ2v) is 2.70. The molecule has 0 aromatic heterocycles. The average Bonchev–Trinajstić information content (AvgIpc) is 1.96. The quantitative estimate of drug-likeness (QED) is 0.680. The van der Waals surface area contributed by atoms with E-state index in [0.29, 0.717) is 5.56 Å². The molecule has 4 heteroatoms. The molecule has 0 saturated carbocycles. The number of nitrogens with two attached hydrogens (primary N) is 1. The number of nitrogen functional groups attached to an aromatic ring is 1. The Morgan fingerprint density at radius 1 is 1.58 bits per heavy atom. The van der Waals surface area contributed by atoms with E-state index in [9.17, 15) is 4.39 Å². The maximum atomic E-state index is 12.6. The van der Waals surface area contributed by atoms with Crippen molar-refractivity contribution in [2.24, 2.45) is 0 Å². The first-order valence-corrected chi connectivity index (χ1v) is 3.63. The van der Waals surface area contributed by atoms with E-state index < -0.39 is 5.82 Å². The van der Waals surface area contributed by atoms with Gasteiger partial charge in [-0.05, 0) is 12.1 Å². The largest absolute Gasteiger partial charge is 0.398 e. The normalized spacial score (nSPS) is 9.42. The van der Waals surface area contributed by atoms with E-state index in [0.717, 1.165) is 12.1 Å². The Kier molecular flexibility index (Phi) is 2.51. The second-order valence-electron chi connectivity index (χ2n) is 2.29. The highest BCUT2D eigenvalue weighted by Gasteiger charge is 2.06. The van der Waals surface area contributed by atoms with Crippen molar-refractivity contribution in [3.05, 3.63) is 28.5 Å². The summed E-state index contributed by atoms with van der Waals surface area (Å²) in [6.45, 7) is 0. The number of benzene rings is 1. The summed E-state index contributed by atoms with van der Waals surface area (Å²) >= 11 is 5.64. The Morgan fingerprint density at radius 2 is 2.25 bits per heavy atom. The van der Waals surface area contributed by atoms with Crippen molar-refractivity contribution < 1.29 is 4.39 Å². The smallest absolute Gasteiger partial charge is 0.126 e. The van der Waals surface area contributed by atoms with Crippen molar-refractivity contribution in [2.75, 3.05) is 5.73 Å². The minimum absolute atomic E-state index is 0.102. The van der Waals surface area contributed by atoms with Crippen LogP contribution in [0.2, 0.25) is 5.02 Å². The van der Waals surface area contributed by atoms with Crippen molar-refractivity contribution in [3.63, 3.8) is 0 Å². The summed E-state index contributed by atoms with van der Waals surface area (Å²) < 4.78 is 12.6. The molecule has 0 amide bonds. The van der Waals surface area contributed by atoms with Crippen LogP contribution < -0.4 is 5.73 Å². The summed E-state index contributed by atoms with van der Waals surface area (Å²) in [5.74, 6) is -0.487. The van der Waals surface area contributed by atoms with Gasteiger partial charge in [0, 0.05) is 16.3 Å². The number of nitrogens with zero attached hydrogens (tertiary/aromatic N) is 1. The van der Waals surface area contributed by atoms with E-state index >= 15 is 0 Å². The van der Waals surface area contributed by atoms with E-state index in [1.54, 1.807) is 0 Å². The predicted molar refractivity (Wildman–Crippen MR) is 45.1 cm³/mol. The van der Waals surface area contributed by atoms with Crippen LogP contribution in [-0.2, 0) is 6.42 Å². The molecule has 0 fully saturated rings. The fourth-order valence-electron chi connectivity index (χ4n) is 0.889. The molecule has 0 atom stereocenters. The van der Waals surface area contributed by atoms with E-state index in [2.05, 4.69) is 0 Å². The van der Waals surface area contributed by atoms with Crippen molar-refractivity contribution in [1.29, 1.82) is 5.26 Å². The zero-order valence-electron chi connectivity index (χ0n) is 6.14. The van der Waals surface area contributed by atoms with Gasteiger partial charge < -0.3 is 5.73 Å². The molecule has 1 aromatic rings. The average molecular weight is 185 g/mol. The first-order valence-electron chi connectivity index (χ1n) is 3.25. The van der Waals surface area contributed by atoms with Crippen molar-refractivity contribution in [2.45, 2.75) is 6.42 Å². The maximum absolute atomic E-state index is 12.6. The molecule has 62 valence electrons. The molecule has 1 rings (SSSR count). The van der Waals surface area contributed by atoms with Gasteiger partial charge in [-0.25, -0.2) is 4.39 Å². The summed E-state index contributed by atoms with van der Waals surface area (Å²) in [5, 5.41) is 8.58. The van der Waals surface area contributed by atoms with Crippen LogP contribution in [0.4, 0.5) is 10.1 Å². The molecule has 2 N–H and O–H groups in total. The van der Waals surface area contributed by atoms with Gasteiger partial charge in [-0.3, -0.25) is 0 Å². The summed E-state index contributed by atoms with van der Waals surface area (Å²) in [5.41, 5.74) is 6.14. The number of nitriles is 1. The Bertz CT molecular complexity index is 320. The zero-order valence-corrected chi connectivity index (χ0v) is 6.90. The Hall–Kier alpha value is -1.27. The molecule has 0 bridgehead atoms. The van der Waals surface area contributed by atoms with Crippen LogP contribution in [0.1, 0.15) is 5.56 Å². The highest BCUT2D eigenvalue weighted by Crippen LogP contribution is 2.23. The van der Waals surface area contributed by atoms with Gasteiger partial charge in [0.05, 0.1) is 12.5 Å². The third kappa shape index (κ3) is 1.66. The number of rotatable bonds is 1. The van der Waals surface area contributed by atoms with Gasteiger partial charge in [-0.2, -0.15) is 5.26 Å². The molecule has 12 heavy (non-hydrogen) atoms. The third-order valence-corrected chi connectivity index (χ3v) is 1.79. The van der Waals surface area contributed by atoms with Gasteiger partial charge in [0.25, 0.3) is 0 Å². The van der Waals surface area contributed by atoms with Crippen LogP contribution in [0.15, 0.2) is 12.1 Å². The van der Waals surface area contributed by atoms with E-state index in [4.69, 9.17) is 22.6 Å². The van der Waals surface area contributed by atoms with Crippen molar-refractivity contribution >= 4 is 17.3 Å². The van der Waals surface area contributed by atoms with E-state index in [1.165, 1.54) is 0 Å². The fourth-order valence-corrected chi connectivity index (χ4v) is 1.17. The minimum Gasteiger partial charge on any atom is -0.398 e. The van der Waals surface area contributed by atoms with Gasteiger partial charge in [-0.1, -0.05) is 11.6 Å². The van der Waals surface area contributed by atoms with Crippen LogP contribution in [0.3, 0.4) is 0 Å². The Labute approximate surface area is 74.4 Å². The molecule has 0 spiro atoms. The van der Waals surface area contributed by atoms with Crippen molar-refractivity contribution in [1.82, 2.24) is 0 Å². The number of anilines is 1. The lowest BCUT2D eigenvalue weighted by atomic mass is 10.1. The molecule has 0 radical (unpaired) electrons. The van der Waals surface area contributed by atoms with E-state index in [1.807, 2.05) is 6.07 Å². The van der Waals surface area contributed by atoms with Gasteiger partial charge >= 0.3 is 0 Å². The van der Waals surface area contributed by atoms with Crippen LogP contribution >= 0.6 is 11.6 Å². The standard InChI is InChI=1S/C8H6ClFN2/c9-7-3-5(10)4-8(12)6(7)1-2-11/h3-4H,1,12H2. The van der Waals surface area contributed by atoms with Gasteiger partial charge in [-0.15, -0.1) is 0 Å². The maximum Gasteiger partial charge on any atom is 0.126 e. The third-order valence-electron chi connectivity index (χ3n) is 1.45. The molecule has 0 aliphatic heterocycles. The van der Waals surface area contributed by atoms with Gasteiger partial charge in [0.15, 0.2) is 0 Å². The topological polar surface area (TPSA) is 49.8 Å².